The summed E-state index contributed by atoms with van der Waals surface area (Å²) in [6, 6.07) is 6.74. The molecule has 42 heavy (non-hydrogen) atoms. The number of carbonyl (C=O) groups excluding carboxylic acids is 2. The Labute approximate surface area is 256 Å². The first-order valence-corrected chi connectivity index (χ1v) is 15.7. The van der Waals surface area contributed by atoms with Crippen molar-refractivity contribution in [2.45, 2.75) is 76.7 Å². The minimum atomic E-state index is -0.148. The van der Waals surface area contributed by atoms with Crippen molar-refractivity contribution in [2.24, 2.45) is 33.9 Å². The third kappa shape index (κ3) is 7.89. The predicted molar refractivity (Wildman–Crippen MR) is 161 cm³/mol. The molecule has 0 bridgehead atoms. The summed E-state index contributed by atoms with van der Waals surface area (Å²) in [6.07, 6.45) is 10.8. The van der Waals surface area contributed by atoms with Gasteiger partial charge in [0.15, 0.2) is 16.7 Å². The van der Waals surface area contributed by atoms with E-state index in [4.69, 9.17) is 38.4 Å². The highest BCUT2D eigenvalue weighted by Gasteiger charge is 2.44. The zero-order valence-corrected chi connectivity index (χ0v) is 25.2. The Morgan fingerprint density at radius 1 is 0.857 bits per heavy atom. The summed E-state index contributed by atoms with van der Waals surface area (Å²) in [6.45, 7) is 0.504. The number of anilines is 2. The summed E-state index contributed by atoms with van der Waals surface area (Å²) < 4.78 is 11.6. The Kier molecular flexibility index (Phi) is 10.5. The van der Waals surface area contributed by atoms with Gasteiger partial charge in [-0.2, -0.15) is 15.1 Å². The molecule has 3 fully saturated rings. The Morgan fingerprint density at radius 2 is 1.45 bits per heavy atom. The lowest BCUT2D eigenvalue weighted by atomic mass is 9.70. The first-order chi connectivity index (χ1) is 20.4. The van der Waals surface area contributed by atoms with Gasteiger partial charge in [0, 0.05) is 22.9 Å². The van der Waals surface area contributed by atoms with E-state index in [1.54, 1.807) is 24.3 Å². The lowest BCUT2D eigenvalue weighted by Crippen LogP contribution is -2.51. The zero-order valence-electron chi connectivity index (χ0n) is 23.6. The van der Waals surface area contributed by atoms with E-state index in [9.17, 15) is 9.59 Å². The Balaban J connectivity index is 1.28. The maximum Gasteiger partial charge on any atom is 0.308 e. The van der Waals surface area contributed by atoms with Gasteiger partial charge in [-0.15, -0.1) is 5.11 Å². The number of hydrogen-bond acceptors (Lipinski definition) is 10. The number of esters is 2. The maximum absolute atomic E-state index is 12.9. The highest BCUT2D eigenvalue weighted by atomic mass is 35.5. The third-order valence-electron chi connectivity index (χ3n) is 8.69. The highest BCUT2D eigenvalue weighted by molar-refractivity contribution is 6.32. The van der Waals surface area contributed by atoms with Crippen LogP contribution >= 0.6 is 23.2 Å². The number of rotatable bonds is 10. The van der Waals surface area contributed by atoms with E-state index < -0.39 is 0 Å². The van der Waals surface area contributed by atoms with Crippen molar-refractivity contribution >= 4 is 58.3 Å². The second-order valence-corrected chi connectivity index (χ2v) is 12.4. The first-order valence-electron chi connectivity index (χ1n) is 15.0. The van der Waals surface area contributed by atoms with Crippen LogP contribution in [0.3, 0.4) is 0 Å². The van der Waals surface area contributed by atoms with Gasteiger partial charge in [-0.1, -0.05) is 61.7 Å². The summed E-state index contributed by atoms with van der Waals surface area (Å²) >= 11 is 12.4. The summed E-state index contributed by atoms with van der Waals surface area (Å²) in [5.74, 6) is -0.0877. The molecule has 3 saturated carbocycles. The number of halogens is 2. The van der Waals surface area contributed by atoms with E-state index in [2.05, 4.69) is 25.5 Å². The van der Waals surface area contributed by atoms with Gasteiger partial charge in [0.05, 0.1) is 30.7 Å². The van der Waals surface area contributed by atoms with Gasteiger partial charge < -0.3 is 20.5 Å². The molecule has 0 unspecified atom stereocenters. The molecule has 0 spiro atoms. The fourth-order valence-electron chi connectivity index (χ4n) is 6.12. The van der Waals surface area contributed by atoms with Crippen LogP contribution in [0.15, 0.2) is 34.5 Å². The van der Waals surface area contributed by atoms with Crippen molar-refractivity contribution in [1.82, 2.24) is 9.97 Å². The summed E-state index contributed by atoms with van der Waals surface area (Å²) in [4.78, 5) is 34.0. The predicted octanol–water partition coefficient (Wildman–Crippen LogP) is 7.44. The van der Waals surface area contributed by atoms with Crippen LogP contribution in [0.4, 0.5) is 23.1 Å². The number of nitrogen functional groups attached to an aromatic ring is 1. The molecule has 2 aromatic rings. The van der Waals surface area contributed by atoms with E-state index in [0.717, 1.165) is 57.8 Å². The van der Waals surface area contributed by atoms with Gasteiger partial charge >= 0.3 is 11.9 Å². The molecule has 5 rings (SSSR count). The van der Waals surface area contributed by atoms with Crippen LogP contribution in [0.25, 0.3) is 0 Å². The highest BCUT2D eigenvalue weighted by Crippen LogP contribution is 2.41. The number of aromatic nitrogens is 2. The molecule has 0 saturated heterocycles. The van der Waals surface area contributed by atoms with Gasteiger partial charge in [0.1, 0.15) is 0 Å². The lowest BCUT2D eigenvalue weighted by molar-refractivity contribution is -0.159. The molecule has 3 N–H and O–H groups in total. The number of benzene rings is 1. The Hall–Kier alpha value is -2.98. The molecule has 0 amide bonds. The fourth-order valence-corrected chi connectivity index (χ4v) is 6.46. The quantitative estimate of drug-likeness (QED) is 0.159. The van der Waals surface area contributed by atoms with Gasteiger partial charge in [0.2, 0.25) is 5.95 Å². The van der Waals surface area contributed by atoms with Crippen LogP contribution in [0.1, 0.15) is 70.6 Å². The second-order valence-electron chi connectivity index (χ2n) is 11.6. The molecular formula is C30H38Cl2N6O4. The SMILES string of the molecule is Nc1nc(Cl)c(N=Nc2ccc(Cl)cc2)c(N[C@@H]2C[C@H](COC(=O)C3CCCCC3)[C@H]2COC(=O)C2CCCCC2)n1. The van der Waals surface area contributed by atoms with Crippen molar-refractivity contribution in [3.05, 3.63) is 34.4 Å². The first kappa shape index (κ1) is 30.5. The number of carbonyl (C=O) groups is 2. The average Bonchev–Trinajstić information content (AvgIpc) is 2.99. The third-order valence-corrected chi connectivity index (χ3v) is 9.20. The van der Waals surface area contributed by atoms with Crippen molar-refractivity contribution in [3.8, 4) is 0 Å². The summed E-state index contributed by atoms with van der Waals surface area (Å²) in [7, 11) is 0. The number of ether oxygens (including phenoxy) is 2. The summed E-state index contributed by atoms with van der Waals surface area (Å²) in [5.41, 5.74) is 6.74. The van der Waals surface area contributed by atoms with Crippen LogP contribution in [0.2, 0.25) is 10.2 Å². The van der Waals surface area contributed by atoms with Crippen LogP contribution in [0, 0.1) is 23.7 Å². The lowest BCUT2D eigenvalue weighted by Gasteiger charge is -2.44. The Morgan fingerprint density at radius 3 is 2.07 bits per heavy atom. The molecule has 3 atom stereocenters. The number of nitrogens with two attached hydrogens (primary N) is 1. The molecular weight excluding hydrogens is 579 g/mol. The summed E-state index contributed by atoms with van der Waals surface area (Å²) in [5, 5.41) is 12.6. The van der Waals surface area contributed by atoms with Gasteiger partial charge in [-0.05, 0) is 56.4 Å². The number of nitrogens with zero attached hydrogens (tertiary/aromatic N) is 4. The molecule has 1 aromatic carbocycles. The van der Waals surface area contributed by atoms with E-state index in [-0.39, 0.29) is 71.7 Å². The van der Waals surface area contributed by atoms with Crippen molar-refractivity contribution in [2.75, 3.05) is 24.3 Å². The van der Waals surface area contributed by atoms with Gasteiger partial charge in [0.25, 0.3) is 0 Å². The van der Waals surface area contributed by atoms with E-state index in [0.29, 0.717) is 22.9 Å². The topological polar surface area (TPSA) is 141 Å². The number of hydrogen-bond donors (Lipinski definition) is 2. The van der Waals surface area contributed by atoms with E-state index in [1.807, 2.05) is 0 Å². The molecule has 10 nitrogen and oxygen atoms in total. The molecule has 1 heterocycles. The van der Waals surface area contributed by atoms with E-state index >= 15 is 0 Å². The molecule has 226 valence electrons. The number of nitrogens with one attached hydrogen (secondary N) is 1. The minimum Gasteiger partial charge on any atom is -0.465 e. The van der Waals surface area contributed by atoms with Crippen molar-refractivity contribution in [1.29, 1.82) is 0 Å². The normalized spacial score (nSPS) is 23.3. The Bertz CT molecular complexity index is 1270. The standard InChI is InChI=1S/C30H38Cl2N6O4/c31-21-11-13-22(14-12-21)37-38-25-26(32)35-30(33)36-27(25)34-24-15-20(16-41-28(39)18-7-3-1-4-8-18)23(24)17-42-29(40)19-9-5-2-6-10-19/h11-14,18-20,23-24H,1-10,15-17H2,(H3,33,34,35,36)/t20-,23-,24-/m1/s1. The molecule has 0 aliphatic heterocycles. The zero-order chi connectivity index (χ0) is 29.5. The van der Waals surface area contributed by atoms with Crippen LogP contribution < -0.4 is 11.1 Å². The fraction of sp³-hybridized carbons (Fsp3) is 0.600. The van der Waals surface area contributed by atoms with E-state index in [1.165, 1.54) is 6.42 Å². The van der Waals surface area contributed by atoms with Gasteiger partial charge in [-0.3, -0.25) is 9.59 Å². The van der Waals surface area contributed by atoms with Crippen LogP contribution in [-0.4, -0.2) is 41.2 Å². The molecule has 12 heteroatoms. The van der Waals surface area contributed by atoms with Crippen molar-refractivity contribution in [3.63, 3.8) is 0 Å². The molecule has 3 aliphatic rings. The van der Waals surface area contributed by atoms with Crippen LogP contribution in [0.5, 0.6) is 0 Å². The second kappa shape index (κ2) is 14.5. The monoisotopic (exact) mass is 616 g/mol. The molecule has 3 aliphatic carbocycles. The maximum atomic E-state index is 12.9. The smallest absolute Gasteiger partial charge is 0.308 e. The number of azo groups is 1. The van der Waals surface area contributed by atoms with Crippen LogP contribution in [-0.2, 0) is 19.1 Å². The average molecular weight is 618 g/mol. The molecule has 1 aromatic heterocycles. The molecule has 0 radical (unpaired) electrons. The largest absolute Gasteiger partial charge is 0.465 e. The minimum absolute atomic E-state index is 0.00879. The van der Waals surface area contributed by atoms with Crippen molar-refractivity contribution < 1.29 is 19.1 Å². The van der Waals surface area contributed by atoms with Gasteiger partial charge in [-0.25, -0.2) is 0 Å².